The monoisotopic (exact) mass is 899 g/mol. The van der Waals surface area contributed by atoms with Crippen molar-refractivity contribution in [1.82, 2.24) is 0 Å². The molecule has 0 bridgehead atoms. The van der Waals surface area contributed by atoms with Crippen LogP contribution in [0.5, 0.6) is 23.0 Å². The van der Waals surface area contributed by atoms with Crippen LogP contribution in [0.2, 0.25) is 0 Å². The zero-order valence-electron chi connectivity index (χ0n) is 38.8. The third kappa shape index (κ3) is 6.42. The highest BCUT2D eigenvalue weighted by Crippen LogP contribution is 2.67. The van der Waals surface area contributed by atoms with Gasteiger partial charge in [0.1, 0.15) is 0 Å². The van der Waals surface area contributed by atoms with Crippen LogP contribution in [0, 0.1) is 5.92 Å². The standard InChI is InChI=1S/C67H49NO2/c1-4-18-44(19-5-1)47-32-35-51(36-33-47)68(52-39-49(45-20-6-2-7-21-45)38-50(40-52)46-22-8-3-9-23-46)62-31-17-13-24-53(62)48-34-37-63-64(41-48)70-66-43-61-57(42-65(66)69-63)56-27-12-16-30-60(56)67(61)58-28-14-10-25-54(58)55-26-11-15-29-59(55)67/h2-4,6-10,12-25,27-43,55,59H,1,5,11,26H2. The molecule has 3 heteroatoms. The highest BCUT2D eigenvalue weighted by molar-refractivity contribution is 5.93. The van der Waals surface area contributed by atoms with Gasteiger partial charge in [0.15, 0.2) is 23.0 Å². The van der Waals surface area contributed by atoms with Crippen molar-refractivity contribution < 1.29 is 9.47 Å². The quantitative estimate of drug-likeness (QED) is 0.149. The fraction of sp³-hybridized carbons (Fsp3) is 0.104. The molecule has 0 fully saturated rings. The first kappa shape index (κ1) is 40.6. The van der Waals surface area contributed by atoms with E-state index in [2.05, 4.69) is 242 Å². The SMILES string of the molecule is C1=CC(c2ccc(N(c3cc(-c4ccccc4)cc(-c4ccccc4)c3)c3ccccc3-c3ccc4c(c3)Oc3cc5c(cc3O4)-c3ccccc3C53c4ccccc4C4CCC=CC43)cc2)=CCC1. The predicted octanol–water partition coefficient (Wildman–Crippen LogP) is 18.2. The Labute approximate surface area is 410 Å². The Kier molecular flexibility index (Phi) is 9.52. The van der Waals surface area contributed by atoms with Crippen molar-refractivity contribution in [3.8, 4) is 67.5 Å². The Morgan fingerprint density at radius 2 is 1.07 bits per heavy atom. The van der Waals surface area contributed by atoms with Crippen molar-refractivity contribution in [2.45, 2.75) is 37.0 Å². The summed E-state index contributed by atoms with van der Waals surface area (Å²) in [4.78, 5) is 2.42. The maximum atomic E-state index is 7.09. The summed E-state index contributed by atoms with van der Waals surface area (Å²) in [6, 6.07) is 75.4. The van der Waals surface area contributed by atoms with Gasteiger partial charge in [-0.3, -0.25) is 0 Å². The first-order chi connectivity index (χ1) is 34.7. The molecule has 70 heavy (non-hydrogen) atoms. The third-order valence-electron chi connectivity index (χ3n) is 15.5. The van der Waals surface area contributed by atoms with Crippen molar-refractivity contribution >= 4 is 22.6 Å². The van der Waals surface area contributed by atoms with Gasteiger partial charge in [-0.25, -0.2) is 0 Å². The van der Waals surface area contributed by atoms with Crippen LogP contribution in [0.1, 0.15) is 59.4 Å². The predicted molar refractivity (Wildman–Crippen MR) is 287 cm³/mol. The summed E-state index contributed by atoms with van der Waals surface area (Å²) in [5, 5.41) is 0. The molecule has 0 saturated heterocycles. The number of ether oxygens (including phenoxy) is 2. The normalized spacial score (nSPS) is 18.6. The lowest BCUT2D eigenvalue weighted by Crippen LogP contribution is -2.33. The first-order valence-electron chi connectivity index (χ1n) is 24.9. The van der Waals surface area contributed by atoms with E-state index in [1.54, 1.807) is 0 Å². The van der Waals surface area contributed by atoms with Gasteiger partial charge in [0, 0.05) is 22.9 Å². The number of anilines is 3. The van der Waals surface area contributed by atoms with Crippen LogP contribution < -0.4 is 14.4 Å². The highest BCUT2D eigenvalue weighted by atomic mass is 16.6. The van der Waals surface area contributed by atoms with Gasteiger partial charge < -0.3 is 14.4 Å². The molecule has 1 heterocycles. The van der Waals surface area contributed by atoms with E-state index < -0.39 is 0 Å². The van der Waals surface area contributed by atoms with Crippen LogP contribution in [0.25, 0.3) is 50.1 Å². The van der Waals surface area contributed by atoms with E-state index in [1.807, 2.05) is 0 Å². The second kappa shape index (κ2) is 16.4. The molecule has 334 valence electrons. The zero-order valence-corrected chi connectivity index (χ0v) is 38.8. The van der Waals surface area contributed by atoms with Gasteiger partial charge >= 0.3 is 0 Å². The minimum absolute atomic E-state index is 0.312. The molecule has 1 aliphatic heterocycles. The van der Waals surface area contributed by atoms with Crippen molar-refractivity contribution in [2.75, 3.05) is 4.90 Å². The topological polar surface area (TPSA) is 21.7 Å². The summed E-state index contributed by atoms with van der Waals surface area (Å²) in [6.07, 6.45) is 16.2. The third-order valence-corrected chi connectivity index (χ3v) is 15.5. The Morgan fingerprint density at radius 1 is 0.414 bits per heavy atom. The van der Waals surface area contributed by atoms with Crippen molar-refractivity contribution in [3.05, 3.63) is 264 Å². The van der Waals surface area contributed by atoms with E-state index in [9.17, 15) is 0 Å². The second-order valence-corrected chi connectivity index (χ2v) is 19.3. The zero-order chi connectivity index (χ0) is 46.2. The smallest absolute Gasteiger partial charge is 0.170 e. The van der Waals surface area contributed by atoms with E-state index in [4.69, 9.17) is 9.47 Å². The van der Waals surface area contributed by atoms with E-state index in [1.165, 1.54) is 55.6 Å². The molecular formula is C67H49NO2. The number of benzene rings is 9. The van der Waals surface area contributed by atoms with Gasteiger partial charge in [0.25, 0.3) is 0 Å². The fourth-order valence-corrected chi connectivity index (χ4v) is 12.5. The van der Waals surface area contributed by atoms with Crippen LogP contribution in [-0.2, 0) is 5.41 Å². The van der Waals surface area contributed by atoms with Gasteiger partial charge in [-0.05, 0) is 165 Å². The summed E-state index contributed by atoms with van der Waals surface area (Å²) >= 11 is 0. The van der Waals surface area contributed by atoms with Gasteiger partial charge in [-0.2, -0.15) is 0 Å². The van der Waals surface area contributed by atoms with Crippen molar-refractivity contribution in [1.29, 1.82) is 0 Å². The van der Waals surface area contributed by atoms with Crippen LogP contribution >= 0.6 is 0 Å². The number of rotatable bonds is 7. The average Bonchev–Trinajstić information content (AvgIpc) is 3.90. The molecule has 3 unspecified atom stereocenters. The summed E-state index contributed by atoms with van der Waals surface area (Å²) in [7, 11) is 0. The lowest BCUT2D eigenvalue weighted by atomic mass is 9.65. The minimum Gasteiger partial charge on any atom is -0.449 e. The Balaban J connectivity index is 0.899. The largest absolute Gasteiger partial charge is 0.449 e. The fourth-order valence-electron chi connectivity index (χ4n) is 12.5. The lowest BCUT2D eigenvalue weighted by Gasteiger charge is -2.37. The minimum atomic E-state index is -0.312. The molecule has 4 aliphatic carbocycles. The van der Waals surface area contributed by atoms with Crippen LogP contribution in [0.4, 0.5) is 17.1 Å². The first-order valence-corrected chi connectivity index (χ1v) is 24.9. The lowest BCUT2D eigenvalue weighted by molar-refractivity contribution is 0.357. The average molecular weight is 900 g/mol. The van der Waals surface area contributed by atoms with Crippen LogP contribution in [0.15, 0.2) is 237 Å². The van der Waals surface area contributed by atoms with Crippen molar-refractivity contribution in [2.24, 2.45) is 5.92 Å². The molecule has 0 radical (unpaired) electrons. The highest BCUT2D eigenvalue weighted by Gasteiger charge is 2.57. The van der Waals surface area contributed by atoms with E-state index in [0.29, 0.717) is 23.3 Å². The van der Waals surface area contributed by atoms with E-state index in [-0.39, 0.29) is 5.41 Å². The molecule has 1 spiro atoms. The Hall–Kier alpha value is -8.40. The van der Waals surface area contributed by atoms with E-state index >= 15 is 0 Å². The summed E-state index contributed by atoms with van der Waals surface area (Å²) in [5.74, 6) is 3.68. The number of nitrogens with zero attached hydrogens (tertiary/aromatic N) is 1. The number of para-hydroxylation sites is 1. The van der Waals surface area contributed by atoms with Gasteiger partial charge in [0.05, 0.1) is 11.1 Å². The Bertz CT molecular complexity index is 3560. The van der Waals surface area contributed by atoms with Crippen LogP contribution in [0.3, 0.4) is 0 Å². The molecule has 3 nitrogen and oxygen atoms in total. The van der Waals surface area contributed by atoms with Gasteiger partial charge in [-0.15, -0.1) is 0 Å². The molecular weight excluding hydrogens is 851 g/mol. The molecule has 0 N–H and O–H groups in total. The summed E-state index contributed by atoms with van der Waals surface area (Å²) < 4.78 is 14.0. The molecule has 0 saturated carbocycles. The molecule has 0 aromatic heterocycles. The van der Waals surface area contributed by atoms with Crippen molar-refractivity contribution in [3.63, 3.8) is 0 Å². The van der Waals surface area contributed by atoms with Crippen LogP contribution in [-0.4, -0.2) is 0 Å². The Morgan fingerprint density at radius 3 is 1.84 bits per heavy atom. The molecule has 14 rings (SSSR count). The number of fused-ring (bicyclic) bond motifs is 12. The molecule has 9 aromatic rings. The maximum Gasteiger partial charge on any atom is 0.170 e. The summed E-state index contributed by atoms with van der Waals surface area (Å²) in [5.41, 5.74) is 20.2. The molecule has 0 amide bonds. The van der Waals surface area contributed by atoms with Gasteiger partial charge in [0.2, 0.25) is 0 Å². The molecule has 3 atom stereocenters. The van der Waals surface area contributed by atoms with E-state index in [0.717, 1.165) is 76.5 Å². The second-order valence-electron chi connectivity index (χ2n) is 19.3. The molecule has 9 aromatic carbocycles. The number of hydrogen-bond acceptors (Lipinski definition) is 3. The summed E-state index contributed by atoms with van der Waals surface area (Å²) in [6.45, 7) is 0. The maximum absolute atomic E-state index is 7.09. The number of allylic oxidation sites excluding steroid dienone is 6. The van der Waals surface area contributed by atoms with Gasteiger partial charge in [-0.1, -0.05) is 176 Å². The number of hydrogen-bond donors (Lipinski definition) is 0. The molecule has 5 aliphatic rings.